The van der Waals surface area contributed by atoms with E-state index < -0.39 is 0 Å². The first-order valence-corrected chi connectivity index (χ1v) is 7.39. The average molecular weight is 239 g/mol. The van der Waals surface area contributed by atoms with E-state index in [1.54, 1.807) is 5.57 Å². The average Bonchev–Trinajstić information content (AvgIpc) is 3.04. The lowest BCUT2D eigenvalue weighted by molar-refractivity contribution is 0.395. The first-order chi connectivity index (χ1) is 8.79. The zero-order valence-electron chi connectivity index (χ0n) is 10.9. The highest BCUT2D eigenvalue weighted by Crippen LogP contribution is 2.50. The number of aryl methyl sites for hydroxylation is 1. The fraction of sp³-hybridized carbons (Fsp3) is 0.529. The van der Waals surface area contributed by atoms with Gasteiger partial charge < -0.3 is 5.73 Å². The Labute approximate surface area is 109 Å². The van der Waals surface area contributed by atoms with Crippen molar-refractivity contribution in [1.29, 1.82) is 0 Å². The van der Waals surface area contributed by atoms with Crippen LogP contribution in [-0.2, 0) is 6.42 Å². The van der Waals surface area contributed by atoms with Gasteiger partial charge in [-0.05, 0) is 78.7 Å². The summed E-state index contributed by atoms with van der Waals surface area (Å²) in [5.74, 6) is 2.92. The van der Waals surface area contributed by atoms with E-state index in [-0.39, 0.29) is 0 Å². The lowest BCUT2D eigenvalue weighted by atomic mass is 9.86. The third kappa shape index (κ3) is 1.60. The maximum Gasteiger partial charge on any atom is 0.0317 e. The summed E-state index contributed by atoms with van der Waals surface area (Å²) < 4.78 is 0. The molecule has 2 fully saturated rings. The zero-order chi connectivity index (χ0) is 12.1. The molecule has 0 radical (unpaired) electrons. The van der Waals surface area contributed by atoms with E-state index in [0.717, 1.165) is 23.4 Å². The van der Waals surface area contributed by atoms with Gasteiger partial charge in [0.25, 0.3) is 0 Å². The molecule has 3 aliphatic rings. The lowest BCUT2D eigenvalue weighted by Gasteiger charge is -2.19. The van der Waals surface area contributed by atoms with E-state index >= 15 is 0 Å². The summed E-state index contributed by atoms with van der Waals surface area (Å²) in [6, 6.07) is 6.45. The molecule has 1 aromatic carbocycles. The predicted octanol–water partition coefficient (Wildman–Crippen LogP) is 4.03. The Hall–Kier alpha value is -1.24. The van der Waals surface area contributed by atoms with Crippen molar-refractivity contribution in [3.8, 4) is 0 Å². The summed E-state index contributed by atoms with van der Waals surface area (Å²) in [6.45, 7) is 0. The molecule has 2 N–H and O–H groups in total. The number of rotatable bonds is 1. The van der Waals surface area contributed by atoms with Gasteiger partial charge in [-0.1, -0.05) is 18.6 Å². The first kappa shape index (κ1) is 10.7. The molecule has 94 valence electrons. The summed E-state index contributed by atoms with van der Waals surface area (Å²) in [4.78, 5) is 0. The van der Waals surface area contributed by atoms with Gasteiger partial charge in [0.05, 0.1) is 0 Å². The van der Waals surface area contributed by atoms with E-state index in [0.29, 0.717) is 0 Å². The molecule has 2 saturated carbocycles. The highest BCUT2D eigenvalue weighted by atomic mass is 14.5. The van der Waals surface area contributed by atoms with Crippen LogP contribution in [0.4, 0.5) is 5.69 Å². The van der Waals surface area contributed by atoms with E-state index in [2.05, 4.69) is 24.3 Å². The van der Waals surface area contributed by atoms with Crippen LogP contribution in [0.25, 0.3) is 5.57 Å². The van der Waals surface area contributed by atoms with Crippen LogP contribution in [-0.4, -0.2) is 0 Å². The molecular weight excluding hydrogens is 218 g/mol. The smallest absolute Gasteiger partial charge is 0.0317 e. The number of fused-ring (bicyclic) bond motifs is 3. The van der Waals surface area contributed by atoms with E-state index in [1.165, 1.54) is 49.7 Å². The second-order valence-corrected chi connectivity index (χ2v) is 6.45. The molecule has 1 nitrogen and oxygen atoms in total. The summed E-state index contributed by atoms with van der Waals surface area (Å²) in [6.07, 6.45) is 11.0. The van der Waals surface area contributed by atoms with Crippen molar-refractivity contribution in [2.75, 3.05) is 5.73 Å². The molecule has 1 heteroatoms. The maximum absolute atomic E-state index is 5.87. The molecule has 0 heterocycles. The van der Waals surface area contributed by atoms with Crippen molar-refractivity contribution >= 4 is 11.3 Å². The van der Waals surface area contributed by atoms with E-state index in [9.17, 15) is 0 Å². The number of hydrogen-bond donors (Lipinski definition) is 1. The molecule has 0 saturated heterocycles. The molecule has 3 atom stereocenters. The Bertz CT molecular complexity index is 514. The van der Waals surface area contributed by atoms with Crippen molar-refractivity contribution < 1.29 is 0 Å². The van der Waals surface area contributed by atoms with Crippen molar-refractivity contribution in [2.45, 2.75) is 38.5 Å². The molecule has 0 aliphatic heterocycles. The highest BCUT2D eigenvalue weighted by Gasteiger charge is 2.38. The van der Waals surface area contributed by atoms with Gasteiger partial charge in [-0.25, -0.2) is 0 Å². The van der Waals surface area contributed by atoms with Crippen molar-refractivity contribution in [1.82, 2.24) is 0 Å². The van der Waals surface area contributed by atoms with Gasteiger partial charge in [-0.3, -0.25) is 0 Å². The van der Waals surface area contributed by atoms with Gasteiger partial charge >= 0.3 is 0 Å². The lowest BCUT2D eigenvalue weighted by Crippen LogP contribution is -2.07. The number of allylic oxidation sites excluding steroid dienone is 2. The summed E-state index contributed by atoms with van der Waals surface area (Å²) in [7, 11) is 0. The predicted molar refractivity (Wildman–Crippen MR) is 76.1 cm³/mol. The van der Waals surface area contributed by atoms with Crippen molar-refractivity contribution in [3.05, 3.63) is 35.4 Å². The van der Waals surface area contributed by atoms with Gasteiger partial charge in [0.2, 0.25) is 0 Å². The van der Waals surface area contributed by atoms with E-state index in [1.807, 2.05) is 0 Å². The van der Waals surface area contributed by atoms with Crippen LogP contribution in [0.1, 0.15) is 43.2 Å². The summed E-state index contributed by atoms with van der Waals surface area (Å²) in [5, 5.41) is 0. The minimum atomic E-state index is 0.877. The molecule has 18 heavy (non-hydrogen) atoms. The zero-order valence-corrected chi connectivity index (χ0v) is 10.9. The molecule has 3 aliphatic carbocycles. The Balaban J connectivity index is 1.64. The Morgan fingerprint density at radius 1 is 1.11 bits per heavy atom. The number of hydrogen-bond acceptors (Lipinski definition) is 1. The van der Waals surface area contributed by atoms with Crippen LogP contribution in [0.5, 0.6) is 0 Å². The number of anilines is 1. The molecule has 3 unspecified atom stereocenters. The second kappa shape index (κ2) is 3.88. The Kier molecular flexibility index (Phi) is 2.30. The second-order valence-electron chi connectivity index (χ2n) is 6.45. The standard InChI is InChI=1S/C17H21N/c18-16-5-6-17-13(3-4-14(17)10-16)9-15-8-11-1-2-12(15)7-11/h5-6,9-12,15H,1-4,7-8,18H2. The van der Waals surface area contributed by atoms with Crippen LogP contribution in [0, 0.1) is 17.8 Å². The Morgan fingerprint density at radius 2 is 2.06 bits per heavy atom. The third-order valence-corrected chi connectivity index (χ3v) is 5.35. The number of benzene rings is 1. The largest absolute Gasteiger partial charge is 0.399 e. The van der Waals surface area contributed by atoms with Gasteiger partial charge in [-0.2, -0.15) is 0 Å². The van der Waals surface area contributed by atoms with Gasteiger partial charge in [0.1, 0.15) is 0 Å². The SMILES string of the molecule is Nc1ccc2c(c1)CCC2=CC1CC2CCC1C2. The maximum atomic E-state index is 5.87. The summed E-state index contributed by atoms with van der Waals surface area (Å²) in [5.41, 5.74) is 11.3. The van der Waals surface area contributed by atoms with Crippen LogP contribution in [0.2, 0.25) is 0 Å². The highest BCUT2D eigenvalue weighted by molar-refractivity contribution is 5.74. The Morgan fingerprint density at radius 3 is 2.83 bits per heavy atom. The van der Waals surface area contributed by atoms with Crippen LogP contribution in [0.15, 0.2) is 24.3 Å². The normalized spacial score (nSPS) is 35.3. The number of nitrogen functional groups attached to an aromatic ring is 1. The molecule has 2 bridgehead atoms. The first-order valence-electron chi connectivity index (χ1n) is 7.39. The monoisotopic (exact) mass is 239 g/mol. The fourth-order valence-corrected chi connectivity index (χ4v) is 4.47. The minimum absolute atomic E-state index is 0.877. The summed E-state index contributed by atoms with van der Waals surface area (Å²) >= 11 is 0. The molecule has 0 aromatic heterocycles. The molecule has 0 spiro atoms. The van der Waals surface area contributed by atoms with Crippen LogP contribution < -0.4 is 5.73 Å². The molecule has 0 amide bonds. The van der Waals surface area contributed by atoms with Gasteiger partial charge in [-0.15, -0.1) is 0 Å². The van der Waals surface area contributed by atoms with Crippen molar-refractivity contribution in [2.24, 2.45) is 17.8 Å². The van der Waals surface area contributed by atoms with Crippen molar-refractivity contribution in [3.63, 3.8) is 0 Å². The number of nitrogens with two attached hydrogens (primary N) is 1. The van der Waals surface area contributed by atoms with Gasteiger partial charge in [0, 0.05) is 5.69 Å². The van der Waals surface area contributed by atoms with E-state index in [4.69, 9.17) is 5.73 Å². The van der Waals surface area contributed by atoms with Gasteiger partial charge in [0.15, 0.2) is 0 Å². The minimum Gasteiger partial charge on any atom is -0.399 e. The van der Waals surface area contributed by atoms with Crippen LogP contribution in [0.3, 0.4) is 0 Å². The molecule has 1 aromatic rings. The quantitative estimate of drug-likeness (QED) is 0.735. The van der Waals surface area contributed by atoms with Crippen LogP contribution >= 0.6 is 0 Å². The molecule has 4 rings (SSSR count). The topological polar surface area (TPSA) is 26.0 Å². The fourth-order valence-electron chi connectivity index (χ4n) is 4.47. The molecular formula is C17H21N. The third-order valence-electron chi connectivity index (χ3n) is 5.35.